The van der Waals surface area contributed by atoms with Crippen LogP contribution in [-0.2, 0) is 9.53 Å². The second-order valence-electron chi connectivity index (χ2n) is 6.86. The molecule has 0 unspecified atom stereocenters. The third-order valence-corrected chi connectivity index (χ3v) is 4.64. The van der Waals surface area contributed by atoms with Crippen molar-refractivity contribution in [2.24, 2.45) is 5.92 Å². The van der Waals surface area contributed by atoms with Crippen LogP contribution in [0.25, 0.3) is 0 Å². The number of nitrogens with one attached hydrogen (secondary N) is 1. The molecular weight excluding hydrogens is 362 g/mol. The molecule has 1 N–H and O–H groups in total. The van der Waals surface area contributed by atoms with Crippen LogP contribution < -0.4 is 5.32 Å². The molecule has 0 saturated heterocycles. The minimum atomic E-state index is -1.08. The molecule has 0 fully saturated rings. The zero-order valence-electron chi connectivity index (χ0n) is 15.9. The molecule has 3 amide bonds. The van der Waals surface area contributed by atoms with Gasteiger partial charge in [-0.2, -0.15) is 5.26 Å². The molecule has 8 nitrogen and oxygen atoms in total. The number of rotatable bonds is 7. The summed E-state index contributed by atoms with van der Waals surface area (Å²) < 4.78 is 4.97. The third kappa shape index (κ3) is 3.93. The molecule has 1 atom stereocenters. The Kier molecular flexibility index (Phi) is 5.99. The van der Waals surface area contributed by atoms with Gasteiger partial charge >= 0.3 is 5.97 Å². The summed E-state index contributed by atoms with van der Waals surface area (Å²) in [5.74, 6) is -2.55. The molecule has 28 heavy (non-hydrogen) atoms. The summed E-state index contributed by atoms with van der Waals surface area (Å²) in [6.45, 7) is 8.15. The highest BCUT2D eigenvalue weighted by Crippen LogP contribution is 2.24. The number of nitrogens with zero attached hydrogens (tertiary/aromatic N) is 2. The summed E-state index contributed by atoms with van der Waals surface area (Å²) in [5.41, 5.74) is -0.746. The molecule has 0 spiro atoms. The third-order valence-electron chi connectivity index (χ3n) is 4.64. The highest BCUT2D eigenvalue weighted by molar-refractivity contribution is 6.22. The van der Waals surface area contributed by atoms with Gasteiger partial charge in [-0.3, -0.25) is 19.3 Å². The van der Waals surface area contributed by atoms with Gasteiger partial charge in [-0.25, -0.2) is 4.79 Å². The number of fused-ring (bicyclic) bond motifs is 1. The molecule has 1 aromatic rings. The van der Waals surface area contributed by atoms with Gasteiger partial charge < -0.3 is 10.1 Å². The Balaban J connectivity index is 2.07. The Hall–Kier alpha value is -3.47. The Labute approximate surface area is 162 Å². The summed E-state index contributed by atoms with van der Waals surface area (Å²) in [4.78, 5) is 49.7. The highest BCUT2D eigenvalue weighted by Gasteiger charge is 2.35. The number of amides is 3. The van der Waals surface area contributed by atoms with Crippen LogP contribution in [-0.4, -0.2) is 47.3 Å². The monoisotopic (exact) mass is 383 g/mol. The molecule has 1 aliphatic rings. The summed E-state index contributed by atoms with van der Waals surface area (Å²) in [6.07, 6.45) is 1.43. The van der Waals surface area contributed by atoms with Crippen molar-refractivity contribution in [2.45, 2.75) is 26.3 Å². The molecule has 1 aromatic carbocycles. The number of nitriles is 1. The second-order valence-corrected chi connectivity index (χ2v) is 6.86. The van der Waals surface area contributed by atoms with Crippen molar-refractivity contribution in [3.63, 3.8) is 0 Å². The fourth-order valence-corrected chi connectivity index (χ4v) is 2.55. The smallest absolute Gasteiger partial charge is 0.338 e. The van der Waals surface area contributed by atoms with E-state index in [0.29, 0.717) is 0 Å². The van der Waals surface area contributed by atoms with Crippen LogP contribution in [0.3, 0.4) is 0 Å². The van der Waals surface area contributed by atoms with Gasteiger partial charge in [-0.15, -0.1) is 6.58 Å². The van der Waals surface area contributed by atoms with Gasteiger partial charge in [0.2, 0.25) is 0 Å². The summed E-state index contributed by atoms with van der Waals surface area (Å²) in [7, 11) is 0. The van der Waals surface area contributed by atoms with E-state index in [2.05, 4.69) is 11.9 Å². The number of hydrogen-bond donors (Lipinski definition) is 1. The zero-order chi connectivity index (χ0) is 21.1. The van der Waals surface area contributed by atoms with Crippen LogP contribution >= 0.6 is 0 Å². The maximum atomic E-state index is 12.3. The van der Waals surface area contributed by atoms with Crippen molar-refractivity contribution < 1.29 is 23.9 Å². The second kappa shape index (κ2) is 8.05. The lowest BCUT2D eigenvalue weighted by molar-refractivity contribution is -0.125. The summed E-state index contributed by atoms with van der Waals surface area (Å²) in [6, 6.07) is 6.03. The number of benzene rings is 1. The van der Waals surface area contributed by atoms with Gasteiger partial charge in [0, 0.05) is 6.54 Å². The lowest BCUT2D eigenvalue weighted by Crippen LogP contribution is -2.50. The maximum absolute atomic E-state index is 12.3. The van der Waals surface area contributed by atoms with Crippen LogP contribution in [0, 0.1) is 17.2 Å². The average Bonchev–Trinajstić information content (AvgIpc) is 2.90. The number of hydrogen-bond acceptors (Lipinski definition) is 6. The average molecular weight is 383 g/mol. The van der Waals surface area contributed by atoms with Crippen molar-refractivity contribution in [2.75, 3.05) is 13.2 Å². The first-order valence-corrected chi connectivity index (χ1v) is 8.65. The van der Waals surface area contributed by atoms with Gasteiger partial charge in [-0.1, -0.05) is 19.9 Å². The van der Waals surface area contributed by atoms with Crippen LogP contribution in [0.1, 0.15) is 51.8 Å². The predicted molar refractivity (Wildman–Crippen MR) is 99.3 cm³/mol. The van der Waals surface area contributed by atoms with E-state index in [-0.39, 0.29) is 29.2 Å². The fourth-order valence-electron chi connectivity index (χ4n) is 2.55. The molecule has 146 valence electrons. The van der Waals surface area contributed by atoms with Gasteiger partial charge in [0.05, 0.1) is 22.8 Å². The Morgan fingerprint density at radius 2 is 1.96 bits per heavy atom. The van der Waals surface area contributed by atoms with Crippen molar-refractivity contribution in [3.8, 4) is 6.07 Å². The normalized spacial score (nSPS) is 14.9. The molecule has 2 rings (SSSR count). The fraction of sp³-hybridized carbons (Fsp3) is 0.350. The number of carbonyl (C=O) groups is 4. The first-order valence-electron chi connectivity index (χ1n) is 8.65. The number of esters is 1. The van der Waals surface area contributed by atoms with E-state index in [1.54, 1.807) is 20.8 Å². The number of carbonyl (C=O) groups excluding carboxylic acids is 4. The quantitative estimate of drug-likeness (QED) is 0.435. The van der Waals surface area contributed by atoms with E-state index in [1.807, 2.05) is 6.07 Å². The Morgan fingerprint density at radius 1 is 1.32 bits per heavy atom. The number of imide groups is 1. The molecule has 8 heteroatoms. The maximum Gasteiger partial charge on any atom is 0.338 e. The van der Waals surface area contributed by atoms with Crippen molar-refractivity contribution >= 4 is 23.7 Å². The van der Waals surface area contributed by atoms with Gasteiger partial charge in [0.15, 0.2) is 6.61 Å². The van der Waals surface area contributed by atoms with Crippen molar-refractivity contribution in [1.29, 1.82) is 5.26 Å². The first-order chi connectivity index (χ1) is 13.1. The van der Waals surface area contributed by atoms with Crippen molar-refractivity contribution in [3.05, 3.63) is 47.5 Å². The van der Waals surface area contributed by atoms with E-state index in [9.17, 15) is 24.4 Å². The molecule has 0 radical (unpaired) electrons. The van der Waals surface area contributed by atoms with E-state index in [0.717, 1.165) is 4.90 Å². The first kappa shape index (κ1) is 20.8. The molecule has 0 saturated carbocycles. The van der Waals surface area contributed by atoms with E-state index in [1.165, 1.54) is 24.3 Å². The lowest BCUT2D eigenvalue weighted by Gasteiger charge is -2.27. The predicted octanol–water partition coefficient (Wildman–Crippen LogP) is 1.68. The number of ether oxygens (including phenoxy) is 1. The lowest BCUT2D eigenvalue weighted by atomic mass is 9.90. The minimum absolute atomic E-state index is 0.0417. The molecule has 0 bridgehead atoms. The Bertz CT molecular complexity index is 900. The molecule has 1 heterocycles. The Morgan fingerprint density at radius 3 is 2.54 bits per heavy atom. The standard InChI is InChI=1S/C20H21N3O5/c1-5-8-23-17(25)14-7-6-13(9-15(14)18(23)26)19(27)28-10-16(24)22-20(4,11-21)12(2)3/h5-7,9,12H,1,8,10H2,2-4H3,(H,22,24)/t20-/m1/s1. The van der Waals surface area contributed by atoms with Crippen LogP contribution in [0.15, 0.2) is 30.9 Å². The van der Waals surface area contributed by atoms with Gasteiger partial charge in [0.1, 0.15) is 5.54 Å². The largest absolute Gasteiger partial charge is 0.452 e. The van der Waals surface area contributed by atoms with Crippen LogP contribution in [0.5, 0.6) is 0 Å². The van der Waals surface area contributed by atoms with E-state index >= 15 is 0 Å². The molecule has 1 aliphatic heterocycles. The molecule has 0 aromatic heterocycles. The minimum Gasteiger partial charge on any atom is -0.452 e. The van der Waals surface area contributed by atoms with Gasteiger partial charge in [0.25, 0.3) is 17.7 Å². The van der Waals surface area contributed by atoms with Gasteiger partial charge in [-0.05, 0) is 31.0 Å². The highest BCUT2D eigenvalue weighted by atomic mass is 16.5. The summed E-state index contributed by atoms with van der Waals surface area (Å²) in [5, 5.41) is 11.7. The van der Waals surface area contributed by atoms with E-state index < -0.39 is 35.8 Å². The summed E-state index contributed by atoms with van der Waals surface area (Å²) >= 11 is 0. The SMILES string of the molecule is C=CCN1C(=O)c2ccc(C(=O)OCC(=O)N[C@](C)(C#N)C(C)C)cc2C1=O. The van der Waals surface area contributed by atoms with Crippen LogP contribution in [0.2, 0.25) is 0 Å². The topological polar surface area (TPSA) is 117 Å². The van der Waals surface area contributed by atoms with Crippen LogP contribution in [0.4, 0.5) is 0 Å². The molecular formula is C20H21N3O5. The zero-order valence-corrected chi connectivity index (χ0v) is 15.9. The van der Waals surface area contributed by atoms with E-state index in [4.69, 9.17) is 4.74 Å². The van der Waals surface area contributed by atoms with Crippen molar-refractivity contribution in [1.82, 2.24) is 10.2 Å². The molecule has 0 aliphatic carbocycles.